The van der Waals surface area contributed by atoms with Gasteiger partial charge in [-0.15, -0.1) is 24.2 Å². The van der Waals surface area contributed by atoms with Crippen molar-refractivity contribution in [1.29, 1.82) is 0 Å². The molecule has 3 nitrogen and oxygen atoms in total. The molecule has 1 amide bonds. The Kier molecular flexibility index (Phi) is 6.18. The number of rotatable bonds is 6. The molecule has 3 rings (SSSR count). The number of carbonyl (C=O) groups is 1. The fourth-order valence-electron chi connectivity index (χ4n) is 3.10. The number of hydrogen-bond donors (Lipinski definition) is 2. The Balaban J connectivity index is 0.00000176. The van der Waals surface area contributed by atoms with E-state index in [0.29, 0.717) is 12.5 Å². The van der Waals surface area contributed by atoms with Crippen molar-refractivity contribution in [2.45, 2.75) is 54.2 Å². The lowest BCUT2D eigenvalue weighted by Gasteiger charge is -2.28. The summed E-state index contributed by atoms with van der Waals surface area (Å²) in [5.41, 5.74) is 6.10. The van der Waals surface area contributed by atoms with Gasteiger partial charge in [0.25, 0.3) is 0 Å². The molecule has 1 atom stereocenters. The molecule has 2 fully saturated rings. The maximum absolute atomic E-state index is 12.7. The van der Waals surface area contributed by atoms with E-state index in [-0.39, 0.29) is 29.1 Å². The van der Waals surface area contributed by atoms with E-state index < -0.39 is 0 Å². The lowest BCUT2D eigenvalue weighted by Crippen LogP contribution is -2.47. The second-order valence-electron chi connectivity index (χ2n) is 6.33. The smallest absolute Gasteiger partial charge is 0.236 e. The predicted molar refractivity (Wildman–Crippen MR) is 94.5 cm³/mol. The molecule has 0 radical (unpaired) electrons. The zero-order valence-corrected chi connectivity index (χ0v) is 14.4. The van der Waals surface area contributed by atoms with Crippen LogP contribution in [0.3, 0.4) is 0 Å². The molecule has 0 heterocycles. The zero-order chi connectivity index (χ0) is 14.7. The molecular weight excluding hydrogens is 316 g/mol. The van der Waals surface area contributed by atoms with Crippen LogP contribution >= 0.6 is 24.2 Å². The topological polar surface area (TPSA) is 55.1 Å². The first kappa shape index (κ1) is 17.6. The van der Waals surface area contributed by atoms with E-state index in [0.717, 1.165) is 25.7 Å². The van der Waals surface area contributed by atoms with Gasteiger partial charge in [0.2, 0.25) is 5.91 Å². The Hall–Kier alpha value is -0.710. The predicted octanol–water partition coefficient (Wildman–Crippen LogP) is 3.37. The van der Waals surface area contributed by atoms with Crippen molar-refractivity contribution in [2.24, 2.45) is 11.7 Å². The number of carbonyl (C=O) groups excluding carboxylic acids is 1. The molecule has 0 aromatic heterocycles. The van der Waals surface area contributed by atoms with Gasteiger partial charge in [-0.05, 0) is 43.7 Å². The summed E-state index contributed by atoms with van der Waals surface area (Å²) in [7, 11) is 0. The first-order chi connectivity index (χ1) is 10.2. The standard InChI is InChI=1S/C17H24N2OS.ClH/c18-15(13-8-9-13)12-19-16(20)17(10-4-5-11-17)21-14-6-2-1-3-7-14;/h1-3,6-7,13,15H,4-5,8-12,18H2,(H,19,20);1H. The number of hydrogen-bond acceptors (Lipinski definition) is 3. The number of halogens is 1. The molecule has 5 heteroatoms. The third-order valence-electron chi connectivity index (χ3n) is 4.61. The Morgan fingerprint density at radius 1 is 1.27 bits per heavy atom. The van der Waals surface area contributed by atoms with Gasteiger partial charge < -0.3 is 11.1 Å². The van der Waals surface area contributed by atoms with E-state index >= 15 is 0 Å². The quantitative estimate of drug-likeness (QED) is 0.834. The van der Waals surface area contributed by atoms with E-state index in [1.165, 1.54) is 17.7 Å². The molecule has 0 bridgehead atoms. The molecule has 0 aliphatic heterocycles. The fourth-order valence-corrected chi connectivity index (χ4v) is 4.50. The summed E-state index contributed by atoms with van der Waals surface area (Å²) >= 11 is 1.73. The third-order valence-corrected chi connectivity index (χ3v) is 6.10. The van der Waals surface area contributed by atoms with Gasteiger partial charge in [-0.3, -0.25) is 4.79 Å². The molecule has 2 saturated carbocycles. The van der Waals surface area contributed by atoms with E-state index in [9.17, 15) is 4.79 Å². The van der Waals surface area contributed by atoms with E-state index in [1.54, 1.807) is 11.8 Å². The summed E-state index contributed by atoms with van der Waals surface area (Å²) in [5.74, 6) is 0.816. The van der Waals surface area contributed by atoms with Crippen molar-refractivity contribution < 1.29 is 4.79 Å². The van der Waals surface area contributed by atoms with Crippen LogP contribution in [0.4, 0.5) is 0 Å². The van der Waals surface area contributed by atoms with Gasteiger partial charge in [0.1, 0.15) is 0 Å². The normalized spacial score (nSPS) is 21.0. The maximum atomic E-state index is 12.7. The van der Waals surface area contributed by atoms with Crippen LogP contribution in [0.25, 0.3) is 0 Å². The van der Waals surface area contributed by atoms with Crippen LogP contribution in [0.15, 0.2) is 35.2 Å². The lowest BCUT2D eigenvalue weighted by atomic mass is 10.1. The molecule has 3 N–H and O–H groups in total. The van der Waals surface area contributed by atoms with Crippen LogP contribution in [-0.4, -0.2) is 23.2 Å². The Morgan fingerprint density at radius 3 is 2.50 bits per heavy atom. The van der Waals surface area contributed by atoms with E-state index in [1.807, 2.05) is 18.2 Å². The average Bonchev–Trinajstić information content (AvgIpc) is 3.26. The van der Waals surface area contributed by atoms with Gasteiger partial charge in [-0.1, -0.05) is 31.0 Å². The molecule has 1 aromatic carbocycles. The summed E-state index contributed by atoms with van der Waals surface area (Å²) in [6, 6.07) is 10.4. The molecule has 1 unspecified atom stereocenters. The van der Waals surface area contributed by atoms with Gasteiger partial charge in [0.15, 0.2) is 0 Å². The van der Waals surface area contributed by atoms with Gasteiger partial charge in [0, 0.05) is 17.5 Å². The van der Waals surface area contributed by atoms with Crippen molar-refractivity contribution in [3.63, 3.8) is 0 Å². The molecule has 1 aromatic rings. The molecule has 2 aliphatic carbocycles. The highest BCUT2D eigenvalue weighted by atomic mass is 35.5. The minimum absolute atomic E-state index is 0. The summed E-state index contributed by atoms with van der Waals surface area (Å²) < 4.78 is -0.287. The second kappa shape index (κ2) is 7.71. The van der Waals surface area contributed by atoms with Crippen LogP contribution in [0.2, 0.25) is 0 Å². The number of nitrogens with two attached hydrogens (primary N) is 1. The van der Waals surface area contributed by atoms with E-state index in [4.69, 9.17) is 5.73 Å². The van der Waals surface area contributed by atoms with Crippen LogP contribution < -0.4 is 11.1 Å². The van der Waals surface area contributed by atoms with Crippen molar-refractivity contribution in [3.05, 3.63) is 30.3 Å². The summed E-state index contributed by atoms with van der Waals surface area (Å²) in [5, 5.41) is 3.12. The minimum atomic E-state index is -0.287. The molecule has 0 spiro atoms. The van der Waals surface area contributed by atoms with E-state index in [2.05, 4.69) is 17.4 Å². The summed E-state index contributed by atoms with van der Waals surface area (Å²) in [6.07, 6.45) is 6.67. The highest BCUT2D eigenvalue weighted by Gasteiger charge is 2.42. The monoisotopic (exact) mass is 340 g/mol. The maximum Gasteiger partial charge on any atom is 0.236 e. The Bertz CT molecular complexity index is 487. The first-order valence-electron chi connectivity index (χ1n) is 7.98. The fraction of sp³-hybridized carbons (Fsp3) is 0.588. The van der Waals surface area contributed by atoms with Crippen molar-refractivity contribution in [2.75, 3.05) is 6.54 Å². The van der Waals surface area contributed by atoms with Crippen LogP contribution in [0.1, 0.15) is 38.5 Å². The Morgan fingerprint density at radius 2 is 1.91 bits per heavy atom. The molecule has 0 saturated heterocycles. The van der Waals surface area contributed by atoms with Crippen molar-refractivity contribution >= 4 is 30.1 Å². The summed E-state index contributed by atoms with van der Waals surface area (Å²) in [6.45, 7) is 0.626. The second-order valence-corrected chi connectivity index (χ2v) is 7.78. The molecule has 122 valence electrons. The third kappa shape index (κ3) is 4.18. The van der Waals surface area contributed by atoms with Crippen molar-refractivity contribution in [1.82, 2.24) is 5.32 Å². The van der Waals surface area contributed by atoms with Gasteiger partial charge in [-0.2, -0.15) is 0 Å². The van der Waals surface area contributed by atoms with Gasteiger partial charge in [0.05, 0.1) is 4.75 Å². The minimum Gasteiger partial charge on any atom is -0.353 e. The molecular formula is C17H25ClN2OS. The number of nitrogens with one attached hydrogen (secondary N) is 1. The average molecular weight is 341 g/mol. The van der Waals surface area contributed by atoms with Crippen LogP contribution in [0, 0.1) is 5.92 Å². The Labute approximate surface area is 143 Å². The number of amides is 1. The van der Waals surface area contributed by atoms with Crippen LogP contribution in [0.5, 0.6) is 0 Å². The van der Waals surface area contributed by atoms with Gasteiger partial charge >= 0.3 is 0 Å². The number of benzene rings is 1. The highest BCUT2D eigenvalue weighted by Crippen LogP contribution is 2.45. The lowest BCUT2D eigenvalue weighted by molar-refractivity contribution is -0.123. The number of thioether (sulfide) groups is 1. The summed E-state index contributed by atoms with van der Waals surface area (Å²) in [4.78, 5) is 13.9. The van der Waals surface area contributed by atoms with Crippen LogP contribution in [-0.2, 0) is 4.79 Å². The van der Waals surface area contributed by atoms with Crippen molar-refractivity contribution in [3.8, 4) is 0 Å². The largest absolute Gasteiger partial charge is 0.353 e. The first-order valence-corrected chi connectivity index (χ1v) is 8.79. The highest BCUT2D eigenvalue weighted by molar-refractivity contribution is 8.01. The molecule has 22 heavy (non-hydrogen) atoms. The SMILES string of the molecule is Cl.NC(CNC(=O)C1(Sc2ccccc2)CCCC1)C1CC1. The zero-order valence-electron chi connectivity index (χ0n) is 12.8. The molecule has 2 aliphatic rings. The van der Waals surface area contributed by atoms with Gasteiger partial charge in [-0.25, -0.2) is 0 Å².